The Morgan fingerprint density at radius 1 is 1.00 bits per heavy atom. The number of morpholine rings is 1. The Kier molecular flexibility index (Phi) is 9.72. The summed E-state index contributed by atoms with van der Waals surface area (Å²) in [6, 6.07) is 4.61. The van der Waals surface area contributed by atoms with Gasteiger partial charge >= 0.3 is 0 Å². The van der Waals surface area contributed by atoms with E-state index in [9.17, 15) is 9.59 Å². The van der Waals surface area contributed by atoms with Crippen LogP contribution < -0.4 is 38.3 Å². The third-order valence-electron chi connectivity index (χ3n) is 5.55. The average Bonchev–Trinajstić information content (AvgIpc) is 2.86. The van der Waals surface area contributed by atoms with Crippen LogP contribution in [0.2, 0.25) is 0 Å². The maximum atomic E-state index is 11.7. The van der Waals surface area contributed by atoms with Crippen LogP contribution in [-0.2, 0) is 4.74 Å². The first-order chi connectivity index (χ1) is 17.3. The number of aromatic nitrogens is 1. The molecule has 1 saturated heterocycles. The molecule has 2 aromatic rings. The molecule has 1 aliphatic heterocycles. The Morgan fingerprint density at radius 2 is 1.67 bits per heavy atom. The molecule has 12 nitrogen and oxygen atoms in total. The predicted molar refractivity (Wildman–Crippen MR) is 140 cm³/mol. The van der Waals surface area contributed by atoms with Crippen molar-refractivity contribution in [3.05, 3.63) is 47.7 Å². The SMILES string of the molecule is NC(=O)c1cnc(NCC=CCNc2c(N)cc(C(N)=O)cc2OCCCN2CCOCC2)c(N)c1. The highest BCUT2D eigenvalue weighted by molar-refractivity contribution is 5.96. The van der Waals surface area contributed by atoms with Gasteiger partial charge in [-0.25, -0.2) is 4.98 Å². The van der Waals surface area contributed by atoms with Crippen LogP contribution >= 0.6 is 0 Å². The molecule has 0 bridgehead atoms. The van der Waals surface area contributed by atoms with Crippen LogP contribution in [0.1, 0.15) is 27.1 Å². The molecule has 194 valence electrons. The molecule has 0 saturated carbocycles. The number of rotatable bonds is 13. The lowest BCUT2D eigenvalue weighted by Gasteiger charge is -2.26. The third-order valence-corrected chi connectivity index (χ3v) is 5.55. The van der Waals surface area contributed by atoms with Crippen LogP contribution in [0.4, 0.5) is 22.9 Å². The van der Waals surface area contributed by atoms with E-state index in [1.807, 2.05) is 12.2 Å². The Balaban J connectivity index is 1.52. The van der Waals surface area contributed by atoms with Crippen molar-refractivity contribution in [2.75, 3.05) is 74.6 Å². The summed E-state index contributed by atoms with van der Waals surface area (Å²) < 4.78 is 11.3. The van der Waals surface area contributed by atoms with Crippen LogP contribution in [0.15, 0.2) is 36.5 Å². The Hall–Kier alpha value is -4.03. The van der Waals surface area contributed by atoms with E-state index in [0.29, 0.717) is 48.3 Å². The summed E-state index contributed by atoms with van der Waals surface area (Å²) in [6.45, 7) is 5.61. The normalized spacial score (nSPS) is 14.0. The first kappa shape index (κ1) is 26.6. The van der Waals surface area contributed by atoms with Gasteiger partial charge in [0.1, 0.15) is 17.3 Å². The fourth-order valence-corrected chi connectivity index (χ4v) is 3.62. The average molecular weight is 499 g/mol. The van der Waals surface area contributed by atoms with Gasteiger partial charge in [-0.1, -0.05) is 12.2 Å². The standard InChI is InChI=1S/C24H34N8O4/c25-18-12-16(22(27)33)14-20(36-9-3-6-32-7-10-35-11-8-32)21(18)29-4-1-2-5-30-24-19(26)13-17(15-31-24)23(28)34/h1-2,12-15,29H,3-11,25-26H2,(H2,27,33)(H2,28,34)(H,30,31). The number of carbonyl (C=O) groups excluding carboxylic acids is 2. The second-order valence-corrected chi connectivity index (χ2v) is 8.22. The molecule has 1 aliphatic rings. The Bertz CT molecular complexity index is 1090. The molecule has 0 unspecified atom stereocenters. The lowest BCUT2D eigenvalue weighted by atomic mass is 10.1. The second kappa shape index (κ2) is 13.2. The Labute approximate surface area is 210 Å². The lowest BCUT2D eigenvalue weighted by Crippen LogP contribution is -2.37. The van der Waals surface area contributed by atoms with Crippen molar-refractivity contribution in [1.29, 1.82) is 0 Å². The molecule has 36 heavy (non-hydrogen) atoms. The van der Waals surface area contributed by atoms with Gasteiger partial charge in [-0.2, -0.15) is 0 Å². The summed E-state index contributed by atoms with van der Waals surface area (Å²) in [7, 11) is 0. The number of benzene rings is 1. The molecule has 10 N–H and O–H groups in total. The van der Waals surface area contributed by atoms with Gasteiger partial charge in [-0.3, -0.25) is 14.5 Å². The van der Waals surface area contributed by atoms with Crippen molar-refractivity contribution in [2.45, 2.75) is 6.42 Å². The van der Waals surface area contributed by atoms with Crippen LogP contribution in [0, 0.1) is 0 Å². The van der Waals surface area contributed by atoms with Crippen LogP contribution in [0.3, 0.4) is 0 Å². The van der Waals surface area contributed by atoms with E-state index < -0.39 is 11.8 Å². The van der Waals surface area contributed by atoms with E-state index in [4.69, 9.17) is 32.4 Å². The van der Waals surface area contributed by atoms with Crippen molar-refractivity contribution in [3.8, 4) is 5.75 Å². The van der Waals surface area contributed by atoms with Gasteiger partial charge in [0.15, 0.2) is 0 Å². The predicted octanol–water partition coefficient (Wildman–Crippen LogP) is 0.625. The Morgan fingerprint density at radius 3 is 2.33 bits per heavy atom. The van der Waals surface area contributed by atoms with Crippen molar-refractivity contribution in [2.24, 2.45) is 11.5 Å². The number of carbonyl (C=O) groups is 2. The van der Waals surface area contributed by atoms with Gasteiger partial charge in [0.2, 0.25) is 11.8 Å². The van der Waals surface area contributed by atoms with Gasteiger partial charge in [0.05, 0.1) is 36.8 Å². The fraction of sp³-hybridized carbons (Fsp3) is 0.375. The van der Waals surface area contributed by atoms with Gasteiger partial charge < -0.3 is 43.0 Å². The molecule has 0 radical (unpaired) electrons. The maximum absolute atomic E-state index is 11.7. The molecular weight excluding hydrogens is 464 g/mol. The topological polar surface area (TPSA) is 197 Å². The highest BCUT2D eigenvalue weighted by Crippen LogP contribution is 2.32. The van der Waals surface area contributed by atoms with Crippen molar-refractivity contribution < 1.29 is 19.1 Å². The minimum absolute atomic E-state index is 0.247. The largest absolute Gasteiger partial charge is 0.491 e. The van der Waals surface area contributed by atoms with Crippen molar-refractivity contribution >= 4 is 34.7 Å². The number of nitrogens with one attached hydrogen (secondary N) is 2. The summed E-state index contributed by atoms with van der Waals surface area (Å²) in [5.41, 5.74) is 24.6. The fourth-order valence-electron chi connectivity index (χ4n) is 3.62. The van der Waals surface area contributed by atoms with Crippen LogP contribution in [-0.4, -0.2) is 74.2 Å². The quantitative estimate of drug-likeness (QED) is 0.129. The number of amides is 2. The van der Waals surface area contributed by atoms with E-state index in [-0.39, 0.29) is 11.1 Å². The van der Waals surface area contributed by atoms with Gasteiger partial charge in [0, 0.05) is 44.5 Å². The number of pyridine rings is 1. The molecule has 0 aliphatic carbocycles. The molecule has 1 aromatic carbocycles. The first-order valence-electron chi connectivity index (χ1n) is 11.7. The number of hydrogen-bond donors (Lipinski definition) is 6. The lowest BCUT2D eigenvalue weighted by molar-refractivity contribution is 0.0358. The zero-order valence-corrected chi connectivity index (χ0v) is 20.2. The monoisotopic (exact) mass is 498 g/mol. The summed E-state index contributed by atoms with van der Waals surface area (Å²) in [5.74, 6) is -0.232. The minimum atomic E-state index is -0.588. The van der Waals surface area contributed by atoms with E-state index in [2.05, 4.69) is 20.5 Å². The van der Waals surface area contributed by atoms with E-state index in [1.54, 1.807) is 6.07 Å². The highest BCUT2D eigenvalue weighted by Gasteiger charge is 2.14. The number of anilines is 4. The smallest absolute Gasteiger partial charge is 0.250 e. The number of primary amides is 2. The summed E-state index contributed by atoms with van der Waals surface area (Å²) >= 11 is 0. The molecule has 2 heterocycles. The van der Waals surface area contributed by atoms with Crippen LogP contribution in [0.5, 0.6) is 5.75 Å². The summed E-state index contributed by atoms with van der Waals surface area (Å²) in [4.78, 5) is 29.3. The van der Waals surface area contributed by atoms with Crippen molar-refractivity contribution in [3.63, 3.8) is 0 Å². The molecule has 0 spiro atoms. The van der Waals surface area contributed by atoms with Crippen LogP contribution in [0.25, 0.3) is 0 Å². The number of nitrogens with two attached hydrogens (primary N) is 4. The van der Waals surface area contributed by atoms with Gasteiger partial charge in [-0.15, -0.1) is 0 Å². The number of hydrogen-bond acceptors (Lipinski definition) is 10. The number of nitrogen functional groups attached to an aromatic ring is 2. The van der Waals surface area contributed by atoms with E-state index in [1.165, 1.54) is 18.3 Å². The number of nitrogens with zero attached hydrogens (tertiary/aromatic N) is 2. The zero-order valence-electron chi connectivity index (χ0n) is 20.2. The molecule has 1 fully saturated rings. The molecule has 1 aromatic heterocycles. The molecular formula is C24H34N8O4. The molecule has 0 atom stereocenters. The van der Waals surface area contributed by atoms with E-state index >= 15 is 0 Å². The van der Waals surface area contributed by atoms with Gasteiger partial charge in [0.25, 0.3) is 0 Å². The zero-order chi connectivity index (χ0) is 25.9. The number of ether oxygens (including phenoxy) is 2. The highest BCUT2D eigenvalue weighted by atomic mass is 16.5. The van der Waals surface area contributed by atoms with E-state index in [0.717, 1.165) is 39.3 Å². The van der Waals surface area contributed by atoms with Gasteiger partial charge in [-0.05, 0) is 24.6 Å². The summed E-state index contributed by atoms with van der Waals surface area (Å²) in [6.07, 6.45) is 5.97. The molecule has 2 amide bonds. The van der Waals surface area contributed by atoms with Crippen molar-refractivity contribution in [1.82, 2.24) is 9.88 Å². The third kappa shape index (κ3) is 7.75. The second-order valence-electron chi connectivity index (χ2n) is 8.22. The molecule has 12 heteroatoms. The maximum Gasteiger partial charge on any atom is 0.250 e. The minimum Gasteiger partial charge on any atom is -0.491 e. The summed E-state index contributed by atoms with van der Waals surface area (Å²) in [5, 5.41) is 6.30. The molecule has 3 rings (SSSR count). The first-order valence-corrected chi connectivity index (χ1v) is 11.7.